The molecule has 0 saturated heterocycles. The standard InChI is InChI=1S/C12H11N3O4/c13-12-15-8(6-19-12)11(16)14-7-1-2-9-10(5-7)18-4-3-17-9/h1-2,5-6H,3-4H2,(H2,13,15)(H,14,16). The van der Waals surface area contributed by atoms with Crippen molar-refractivity contribution in [3.8, 4) is 11.5 Å². The van der Waals surface area contributed by atoms with Gasteiger partial charge in [0.2, 0.25) is 0 Å². The lowest BCUT2D eigenvalue weighted by Gasteiger charge is -2.18. The molecule has 7 nitrogen and oxygen atoms in total. The van der Waals surface area contributed by atoms with Crippen molar-refractivity contribution in [1.82, 2.24) is 4.98 Å². The molecule has 0 aliphatic carbocycles. The van der Waals surface area contributed by atoms with Gasteiger partial charge in [-0.1, -0.05) is 0 Å². The number of nitrogens with zero attached hydrogens (tertiary/aromatic N) is 1. The maximum atomic E-state index is 11.8. The van der Waals surface area contributed by atoms with Crippen LogP contribution in [0.25, 0.3) is 0 Å². The number of ether oxygens (including phenoxy) is 2. The molecule has 0 bridgehead atoms. The third kappa shape index (κ3) is 2.30. The van der Waals surface area contributed by atoms with Crippen molar-refractivity contribution >= 4 is 17.6 Å². The maximum absolute atomic E-state index is 11.8. The highest BCUT2D eigenvalue weighted by Crippen LogP contribution is 2.32. The van der Waals surface area contributed by atoms with Gasteiger partial charge in [-0.2, -0.15) is 4.98 Å². The van der Waals surface area contributed by atoms with Crippen LogP contribution < -0.4 is 20.5 Å². The molecule has 2 heterocycles. The van der Waals surface area contributed by atoms with E-state index in [1.54, 1.807) is 18.2 Å². The fraction of sp³-hybridized carbons (Fsp3) is 0.167. The van der Waals surface area contributed by atoms with Gasteiger partial charge in [0, 0.05) is 11.8 Å². The average molecular weight is 261 g/mol. The number of rotatable bonds is 2. The number of amides is 1. The van der Waals surface area contributed by atoms with Crippen LogP contribution in [0.15, 0.2) is 28.9 Å². The van der Waals surface area contributed by atoms with E-state index in [1.807, 2.05) is 0 Å². The number of carbonyl (C=O) groups is 1. The molecular formula is C12H11N3O4. The van der Waals surface area contributed by atoms with Gasteiger partial charge in [-0.05, 0) is 12.1 Å². The van der Waals surface area contributed by atoms with Crippen LogP contribution in [0.4, 0.5) is 11.7 Å². The number of oxazole rings is 1. The number of nitrogen functional groups attached to an aromatic ring is 1. The summed E-state index contributed by atoms with van der Waals surface area (Å²) < 4.78 is 15.6. The molecule has 3 rings (SSSR count). The normalized spacial score (nSPS) is 13.1. The number of nitrogens with two attached hydrogens (primary N) is 1. The highest BCUT2D eigenvalue weighted by molar-refractivity contribution is 6.02. The van der Waals surface area contributed by atoms with E-state index in [0.717, 1.165) is 0 Å². The molecule has 2 aromatic rings. The summed E-state index contributed by atoms with van der Waals surface area (Å²) in [7, 11) is 0. The molecular weight excluding hydrogens is 250 g/mol. The fourth-order valence-electron chi connectivity index (χ4n) is 1.71. The van der Waals surface area contributed by atoms with E-state index in [9.17, 15) is 4.79 Å². The van der Waals surface area contributed by atoms with E-state index in [-0.39, 0.29) is 11.7 Å². The van der Waals surface area contributed by atoms with Gasteiger partial charge in [-0.25, -0.2) is 0 Å². The van der Waals surface area contributed by atoms with E-state index in [4.69, 9.17) is 19.6 Å². The summed E-state index contributed by atoms with van der Waals surface area (Å²) >= 11 is 0. The molecule has 0 radical (unpaired) electrons. The van der Waals surface area contributed by atoms with Crippen molar-refractivity contribution < 1.29 is 18.7 Å². The van der Waals surface area contributed by atoms with E-state index in [0.29, 0.717) is 30.4 Å². The van der Waals surface area contributed by atoms with Crippen LogP contribution in [0.1, 0.15) is 10.5 Å². The number of hydrogen-bond donors (Lipinski definition) is 2. The van der Waals surface area contributed by atoms with E-state index in [1.165, 1.54) is 6.26 Å². The van der Waals surface area contributed by atoms with Crippen LogP contribution in [0, 0.1) is 0 Å². The first-order valence-electron chi connectivity index (χ1n) is 5.64. The number of aromatic nitrogens is 1. The number of fused-ring (bicyclic) bond motifs is 1. The molecule has 0 spiro atoms. The summed E-state index contributed by atoms with van der Waals surface area (Å²) in [5.41, 5.74) is 6.00. The summed E-state index contributed by atoms with van der Waals surface area (Å²) in [5.74, 6) is 0.857. The second kappa shape index (κ2) is 4.52. The number of carbonyl (C=O) groups excluding carboxylic acids is 1. The lowest BCUT2D eigenvalue weighted by molar-refractivity contribution is 0.102. The predicted octanol–water partition coefficient (Wildman–Crippen LogP) is 1.28. The average Bonchev–Trinajstić information content (AvgIpc) is 2.85. The molecule has 0 fully saturated rings. The summed E-state index contributed by atoms with van der Waals surface area (Å²) in [6.45, 7) is 1.02. The molecule has 0 atom stereocenters. The number of nitrogens with one attached hydrogen (secondary N) is 1. The Morgan fingerprint density at radius 1 is 1.26 bits per heavy atom. The van der Waals surface area contributed by atoms with Gasteiger partial charge in [0.1, 0.15) is 19.5 Å². The fourth-order valence-corrected chi connectivity index (χ4v) is 1.71. The van der Waals surface area contributed by atoms with Gasteiger partial charge >= 0.3 is 0 Å². The van der Waals surface area contributed by atoms with E-state index in [2.05, 4.69) is 10.3 Å². The van der Waals surface area contributed by atoms with Crippen LogP contribution in [-0.2, 0) is 0 Å². The zero-order chi connectivity index (χ0) is 13.2. The quantitative estimate of drug-likeness (QED) is 0.844. The first-order valence-corrected chi connectivity index (χ1v) is 5.64. The van der Waals surface area contributed by atoms with Gasteiger partial charge in [0.05, 0.1) is 0 Å². The van der Waals surface area contributed by atoms with E-state index >= 15 is 0 Å². The zero-order valence-electron chi connectivity index (χ0n) is 9.88. The van der Waals surface area contributed by atoms with Crippen molar-refractivity contribution in [3.05, 3.63) is 30.2 Å². The third-order valence-corrected chi connectivity index (χ3v) is 2.55. The molecule has 1 amide bonds. The third-order valence-electron chi connectivity index (χ3n) is 2.55. The second-order valence-corrected chi connectivity index (χ2v) is 3.88. The minimum atomic E-state index is -0.405. The highest BCUT2D eigenvalue weighted by Gasteiger charge is 2.15. The van der Waals surface area contributed by atoms with E-state index < -0.39 is 5.91 Å². The number of hydrogen-bond acceptors (Lipinski definition) is 6. The molecule has 0 unspecified atom stereocenters. The molecule has 1 aliphatic rings. The first-order chi connectivity index (χ1) is 9.22. The SMILES string of the molecule is Nc1nc(C(=O)Nc2ccc3c(c2)OCCO3)co1. The first kappa shape index (κ1) is 11.4. The lowest BCUT2D eigenvalue weighted by atomic mass is 10.2. The monoisotopic (exact) mass is 261 g/mol. The van der Waals surface area contributed by atoms with Gasteiger partial charge in [0.25, 0.3) is 11.9 Å². The molecule has 98 valence electrons. The smallest absolute Gasteiger partial charge is 0.292 e. The Morgan fingerprint density at radius 3 is 2.79 bits per heavy atom. The molecule has 1 aliphatic heterocycles. The van der Waals surface area contributed by atoms with Crippen molar-refractivity contribution in [3.63, 3.8) is 0 Å². The van der Waals surface area contributed by atoms with Gasteiger partial charge in [0.15, 0.2) is 17.2 Å². The molecule has 1 aromatic heterocycles. The largest absolute Gasteiger partial charge is 0.486 e. The van der Waals surface area contributed by atoms with Gasteiger partial charge in [-0.3, -0.25) is 4.79 Å². The van der Waals surface area contributed by atoms with Crippen molar-refractivity contribution in [2.24, 2.45) is 0 Å². The molecule has 3 N–H and O–H groups in total. The Kier molecular flexibility index (Phi) is 2.71. The van der Waals surface area contributed by atoms with Crippen LogP contribution in [0.3, 0.4) is 0 Å². The minimum absolute atomic E-state index is 0.0488. The zero-order valence-corrected chi connectivity index (χ0v) is 9.88. The summed E-state index contributed by atoms with van der Waals surface area (Å²) in [6, 6.07) is 5.10. The number of benzene rings is 1. The Labute approximate surface area is 108 Å². The Balaban J connectivity index is 1.78. The van der Waals surface area contributed by atoms with Gasteiger partial charge in [-0.15, -0.1) is 0 Å². The molecule has 19 heavy (non-hydrogen) atoms. The molecule has 7 heteroatoms. The van der Waals surface area contributed by atoms with Crippen LogP contribution >= 0.6 is 0 Å². The van der Waals surface area contributed by atoms with Crippen LogP contribution in [0.2, 0.25) is 0 Å². The van der Waals surface area contributed by atoms with Crippen LogP contribution in [0.5, 0.6) is 11.5 Å². The van der Waals surface area contributed by atoms with Crippen molar-refractivity contribution in [1.29, 1.82) is 0 Å². The van der Waals surface area contributed by atoms with Crippen LogP contribution in [-0.4, -0.2) is 24.1 Å². The number of anilines is 2. The second-order valence-electron chi connectivity index (χ2n) is 3.88. The lowest BCUT2D eigenvalue weighted by Crippen LogP contribution is -2.16. The summed E-state index contributed by atoms with van der Waals surface area (Å²) in [5, 5.41) is 2.67. The van der Waals surface area contributed by atoms with Crippen molar-refractivity contribution in [2.45, 2.75) is 0 Å². The summed E-state index contributed by atoms with van der Waals surface area (Å²) in [6.07, 6.45) is 1.20. The minimum Gasteiger partial charge on any atom is -0.486 e. The van der Waals surface area contributed by atoms with Crippen molar-refractivity contribution in [2.75, 3.05) is 24.3 Å². The molecule has 1 aromatic carbocycles. The highest BCUT2D eigenvalue weighted by atomic mass is 16.6. The Morgan fingerprint density at radius 2 is 2.05 bits per heavy atom. The molecule has 0 saturated carbocycles. The Bertz CT molecular complexity index is 623. The summed E-state index contributed by atoms with van der Waals surface area (Å²) in [4.78, 5) is 15.6. The van der Waals surface area contributed by atoms with Gasteiger partial charge < -0.3 is 24.9 Å². The topological polar surface area (TPSA) is 99.6 Å². The predicted molar refractivity (Wildman–Crippen MR) is 66.3 cm³/mol. The maximum Gasteiger partial charge on any atom is 0.292 e. The Hall–Kier alpha value is -2.70.